The van der Waals surface area contributed by atoms with Crippen molar-refractivity contribution in [2.24, 2.45) is 23.5 Å². The molecular weight excluding hydrogens is 234 g/mol. The second-order valence-electron chi connectivity index (χ2n) is 7.47. The predicted octanol–water partition coefficient (Wildman–Crippen LogP) is 2.87. The first-order valence-electron chi connectivity index (χ1n) is 7.93. The SMILES string of the molecule is CC(CN)c1cncn1C12CC3CC(CC(C3)C1)C2. The summed E-state index contributed by atoms with van der Waals surface area (Å²) in [5.74, 6) is 3.37. The minimum atomic E-state index is 0.393. The first kappa shape index (κ1) is 12.0. The molecule has 104 valence electrons. The summed E-state index contributed by atoms with van der Waals surface area (Å²) >= 11 is 0. The lowest BCUT2D eigenvalue weighted by molar-refractivity contribution is -0.0446. The Morgan fingerprint density at radius 3 is 2.37 bits per heavy atom. The van der Waals surface area contributed by atoms with Crippen LogP contribution in [0.4, 0.5) is 0 Å². The number of hydrogen-bond acceptors (Lipinski definition) is 2. The molecule has 1 atom stereocenters. The standard InChI is InChI=1S/C16H25N3/c1-11(8-17)15-9-18-10-19(15)16-5-12-2-13(6-16)4-14(3-12)7-16/h9-14H,2-8,17H2,1H3. The number of nitrogens with two attached hydrogens (primary N) is 1. The molecule has 4 saturated carbocycles. The van der Waals surface area contributed by atoms with Crippen LogP contribution in [0.5, 0.6) is 0 Å². The molecule has 1 unspecified atom stereocenters. The van der Waals surface area contributed by atoms with E-state index in [2.05, 4.69) is 29.0 Å². The fourth-order valence-corrected chi connectivity index (χ4v) is 5.55. The molecule has 4 fully saturated rings. The van der Waals surface area contributed by atoms with E-state index in [0.29, 0.717) is 11.5 Å². The van der Waals surface area contributed by atoms with E-state index >= 15 is 0 Å². The topological polar surface area (TPSA) is 43.8 Å². The summed E-state index contributed by atoms with van der Waals surface area (Å²) in [6, 6.07) is 0. The summed E-state index contributed by atoms with van der Waals surface area (Å²) in [6.45, 7) is 2.95. The fraction of sp³-hybridized carbons (Fsp3) is 0.812. The molecule has 1 aromatic heterocycles. The lowest BCUT2D eigenvalue weighted by Gasteiger charge is -2.57. The number of rotatable bonds is 3. The van der Waals surface area contributed by atoms with Gasteiger partial charge in [0.1, 0.15) is 0 Å². The summed E-state index contributed by atoms with van der Waals surface area (Å²) in [5, 5.41) is 0. The molecule has 4 aliphatic carbocycles. The Balaban J connectivity index is 1.74. The van der Waals surface area contributed by atoms with Crippen molar-refractivity contribution in [3.63, 3.8) is 0 Å². The molecule has 3 heteroatoms. The van der Waals surface area contributed by atoms with Crippen molar-refractivity contribution < 1.29 is 0 Å². The van der Waals surface area contributed by atoms with Gasteiger partial charge in [0, 0.05) is 29.9 Å². The van der Waals surface area contributed by atoms with Crippen molar-refractivity contribution >= 4 is 0 Å². The van der Waals surface area contributed by atoms with E-state index < -0.39 is 0 Å². The molecule has 4 aliphatic rings. The summed E-state index contributed by atoms with van der Waals surface area (Å²) < 4.78 is 2.54. The van der Waals surface area contributed by atoms with E-state index in [1.165, 1.54) is 44.2 Å². The Hall–Kier alpha value is -0.830. The zero-order chi connectivity index (χ0) is 13.0. The van der Waals surface area contributed by atoms with Gasteiger partial charge in [-0.15, -0.1) is 0 Å². The normalized spacial score (nSPS) is 41.7. The Morgan fingerprint density at radius 1 is 1.26 bits per heavy atom. The number of nitrogens with zero attached hydrogens (tertiary/aromatic N) is 2. The minimum Gasteiger partial charge on any atom is -0.330 e. The van der Waals surface area contributed by atoms with Crippen LogP contribution in [0, 0.1) is 17.8 Å². The number of hydrogen-bond donors (Lipinski definition) is 1. The second kappa shape index (κ2) is 4.08. The molecule has 1 aromatic rings. The third-order valence-electron chi connectivity index (χ3n) is 6.04. The van der Waals surface area contributed by atoms with E-state index in [1.54, 1.807) is 0 Å². The monoisotopic (exact) mass is 259 g/mol. The Bertz CT molecular complexity index is 441. The molecule has 0 radical (unpaired) electrons. The maximum absolute atomic E-state index is 5.88. The van der Waals surface area contributed by atoms with Crippen molar-refractivity contribution in [2.75, 3.05) is 6.54 Å². The Morgan fingerprint density at radius 2 is 1.84 bits per heavy atom. The van der Waals surface area contributed by atoms with Gasteiger partial charge >= 0.3 is 0 Å². The molecule has 2 N–H and O–H groups in total. The molecular formula is C16H25N3. The van der Waals surface area contributed by atoms with E-state index in [4.69, 9.17) is 5.73 Å². The van der Waals surface area contributed by atoms with Gasteiger partial charge < -0.3 is 10.3 Å². The minimum absolute atomic E-state index is 0.393. The molecule has 1 heterocycles. The molecule has 0 aromatic carbocycles. The van der Waals surface area contributed by atoms with Crippen LogP contribution in [0.2, 0.25) is 0 Å². The van der Waals surface area contributed by atoms with E-state index in [0.717, 1.165) is 24.3 Å². The van der Waals surface area contributed by atoms with Gasteiger partial charge in [0.15, 0.2) is 0 Å². The van der Waals surface area contributed by atoms with E-state index in [9.17, 15) is 0 Å². The lowest BCUT2D eigenvalue weighted by atomic mass is 9.53. The largest absolute Gasteiger partial charge is 0.330 e. The van der Waals surface area contributed by atoms with Gasteiger partial charge in [-0.1, -0.05) is 6.92 Å². The van der Waals surface area contributed by atoms with Gasteiger partial charge in [-0.2, -0.15) is 0 Å². The van der Waals surface area contributed by atoms with Crippen LogP contribution < -0.4 is 5.73 Å². The van der Waals surface area contributed by atoms with Crippen molar-refractivity contribution in [1.82, 2.24) is 9.55 Å². The molecule has 4 bridgehead atoms. The maximum Gasteiger partial charge on any atom is 0.0953 e. The Labute approximate surface area is 115 Å². The highest BCUT2D eigenvalue weighted by atomic mass is 15.1. The van der Waals surface area contributed by atoms with Crippen molar-refractivity contribution in [3.8, 4) is 0 Å². The highest BCUT2D eigenvalue weighted by Gasteiger charge is 2.52. The van der Waals surface area contributed by atoms with Crippen molar-refractivity contribution in [3.05, 3.63) is 18.2 Å². The van der Waals surface area contributed by atoms with Gasteiger partial charge in [0.25, 0.3) is 0 Å². The van der Waals surface area contributed by atoms with Crippen molar-refractivity contribution in [1.29, 1.82) is 0 Å². The van der Waals surface area contributed by atoms with E-state index in [-0.39, 0.29) is 0 Å². The highest BCUT2D eigenvalue weighted by molar-refractivity contribution is 5.14. The second-order valence-corrected chi connectivity index (χ2v) is 7.47. The molecule has 0 amide bonds. The van der Waals surface area contributed by atoms with Gasteiger partial charge in [0.05, 0.1) is 6.33 Å². The van der Waals surface area contributed by atoms with Crippen LogP contribution in [0.3, 0.4) is 0 Å². The third-order valence-corrected chi connectivity index (χ3v) is 6.04. The zero-order valence-electron chi connectivity index (χ0n) is 11.9. The van der Waals surface area contributed by atoms with Gasteiger partial charge in [-0.05, 0) is 56.3 Å². The molecule has 0 spiro atoms. The number of imidazole rings is 1. The average Bonchev–Trinajstić information content (AvgIpc) is 2.86. The number of aromatic nitrogens is 2. The molecule has 19 heavy (non-hydrogen) atoms. The van der Waals surface area contributed by atoms with Crippen LogP contribution in [-0.2, 0) is 5.54 Å². The average molecular weight is 259 g/mol. The van der Waals surface area contributed by atoms with E-state index in [1.807, 2.05) is 0 Å². The molecule has 0 aliphatic heterocycles. The summed E-state index contributed by atoms with van der Waals surface area (Å²) in [4.78, 5) is 4.46. The summed E-state index contributed by atoms with van der Waals surface area (Å²) in [6.07, 6.45) is 12.8. The third kappa shape index (κ3) is 1.70. The van der Waals surface area contributed by atoms with Gasteiger partial charge in [0.2, 0.25) is 0 Å². The van der Waals surface area contributed by atoms with Crippen LogP contribution in [-0.4, -0.2) is 16.1 Å². The zero-order valence-corrected chi connectivity index (χ0v) is 11.9. The van der Waals surface area contributed by atoms with Crippen LogP contribution in [0.1, 0.15) is 57.1 Å². The molecule has 3 nitrogen and oxygen atoms in total. The van der Waals surface area contributed by atoms with Crippen LogP contribution in [0.25, 0.3) is 0 Å². The van der Waals surface area contributed by atoms with Crippen LogP contribution >= 0.6 is 0 Å². The lowest BCUT2D eigenvalue weighted by Crippen LogP contribution is -2.52. The van der Waals surface area contributed by atoms with Gasteiger partial charge in [-0.3, -0.25) is 0 Å². The summed E-state index contributed by atoms with van der Waals surface area (Å²) in [5.41, 5.74) is 7.64. The smallest absolute Gasteiger partial charge is 0.0953 e. The first-order valence-corrected chi connectivity index (χ1v) is 7.93. The Kier molecular flexibility index (Phi) is 2.57. The maximum atomic E-state index is 5.88. The fourth-order valence-electron chi connectivity index (χ4n) is 5.55. The first-order chi connectivity index (χ1) is 9.20. The van der Waals surface area contributed by atoms with Crippen LogP contribution in [0.15, 0.2) is 12.5 Å². The highest BCUT2D eigenvalue weighted by Crippen LogP contribution is 2.59. The predicted molar refractivity (Wildman–Crippen MR) is 75.8 cm³/mol. The van der Waals surface area contributed by atoms with Gasteiger partial charge in [-0.25, -0.2) is 4.98 Å². The quantitative estimate of drug-likeness (QED) is 0.907. The molecule has 0 saturated heterocycles. The summed E-state index contributed by atoms with van der Waals surface area (Å²) in [7, 11) is 0. The van der Waals surface area contributed by atoms with Crippen molar-refractivity contribution in [2.45, 2.75) is 56.9 Å². The molecule has 5 rings (SSSR count).